The van der Waals surface area contributed by atoms with E-state index in [1.165, 1.54) is 19.2 Å². The second-order valence-corrected chi connectivity index (χ2v) is 3.04. The molecule has 0 bridgehead atoms. The Morgan fingerprint density at radius 1 is 1.38 bits per heavy atom. The van der Waals surface area contributed by atoms with E-state index in [1.54, 1.807) is 6.07 Å². The van der Waals surface area contributed by atoms with E-state index in [4.69, 9.17) is 0 Å². The fourth-order valence-electron chi connectivity index (χ4n) is 0.742. The zero-order valence-corrected chi connectivity index (χ0v) is 8.06. The van der Waals surface area contributed by atoms with Crippen molar-refractivity contribution < 1.29 is 18.7 Å². The van der Waals surface area contributed by atoms with Crippen molar-refractivity contribution in [1.82, 2.24) is 0 Å². The van der Waals surface area contributed by atoms with E-state index in [2.05, 4.69) is 14.3 Å². The molecule has 0 aliphatic heterocycles. The van der Waals surface area contributed by atoms with Gasteiger partial charge in [-0.2, -0.15) is 0 Å². The molecule has 0 aliphatic carbocycles. The van der Waals surface area contributed by atoms with Crippen molar-refractivity contribution in [3.05, 3.63) is 29.6 Å². The SMILES string of the molecule is COOOSc1cc(F)ccc1C. The Morgan fingerprint density at radius 3 is 2.85 bits per heavy atom. The van der Waals surface area contributed by atoms with Crippen molar-refractivity contribution in [2.24, 2.45) is 0 Å². The van der Waals surface area contributed by atoms with Crippen LogP contribution in [0.2, 0.25) is 0 Å². The normalized spacial score (nSPS) is 10.4. The van der Waals surface area contributed by atoms with Gasteiger partial charge < -0.3 is 0 Å². The van der Waals surface area contributed by atoms with Crippen LogP contribution in [0.25, 0.3) is 0 Å². The van der Waals surface area contributed by atoms with Gasteiger partial charge in [0.2, 0.25) is 0 Å². The Bertz CT molecular complexity index is 280. The third kappa shape index (κ3) is 3.31. The van der Waals surface area contributed by atoms with E-state index in [9.17, 15) is 4.39 Å². The zero-order chi connectivity index (χ0) is 9.68. The Balaban J connectivity index is 2.59. The maximum atomic E-state index is 12.7. The van der Waals surface area contributed by atoms with Crippen molar-refractivity contribution in [2.75, 3.05) is 7.11 Å². The summed E-state index contributed by atoms with van der Waals surface area (Å²) in [6.07, 6.45) is 0. The highest BCUT2D eigenvalue weighted by Gasteiger charge is 2.02. The lowest BCUT2D eigenvalue weighted by atomic mass is 10.2. The first-order valence-corrected chi connectivity index (χ1v) is 4.28. The molecule has 1 rings (SSSR count). The Labute approximate surface area is 79.9 Å². The van der Waals surface area contributed by atoms with Crippen LogP contribution in [-0.2, 0) is 14.3 Å². The summed E-state index contributed by atoms with van der Waals surface area (Å²) < 4.78 is 17.2. The first-order chi connectivity index (χ1) is 6.24. The molecule has 0 amide bonds. The van der Waals surface area contributed by atoms with Gasteiger partial charge in [-0.05, 0) is 24.6 Å². The van der Waals surface area contributed by atoms with Gasteiger partial charge in [0.05, 0.1) is 19.2 Å². The molecule has 0 aliphatic rings. The van der Waals surface area contributed by atoms with Crippen molar-refractivity contribution >= 4 is 12.0 Å². The maximum absolute atomic E-state index is 12.7. The van der Waals surface area contributed by atoms with Crippen LogP contribution in [0.1, 0.15) is 5.56 Å². The lowest BCUT2D eigenvalue weighted by Gasteiger charge is -2.02. The number of aryl methyl sites for hydroxylation is 1. The predicted molar refractivity (Wildman–Crippen MR) is 46.2 cm³/mol. The zero-order valence-electron chi connectivity index (χ0n) is 7.24. The van der Waals surface area contributed by atoms with Gasteiger partial charge in [-0.1, -0.05) is 11.1 Å². The topological polar surface area (TPSA) is 27.7 Å². The van der Waals surface area contributed by atoms with Crippen LogP contribution in [0.4, 0.5) is 4.39 Å². The first-order valence-electron chi connectivity index (χ1n) is 3.54. The molecule has 0 unspecified atom stereocenters. The molecular weight excluding hydrogens is 195 g/mol. The molecule has 0 radical (unpaired) electrons. The molecule has 0 spiro atoms. The van der Waals surface area contributed by atoms with E-state index in [1.807, 2.05) is 6.92 Å². The minimum Gasteiger partial charge on any atom is -0.209 e. The van der Waals surface area contributed by atoms with Crippen molar-refractivity contribution in [3.63, 3.8) is 0 Å². The van der Waals surface area contributed by atoms with Crippen molar-refractivity contribution in [2.45, 2.75) is 11.8 Å². The molecular formula is C8H9FO3S. The summed E-state index contributed by atoms with van der Waals surface area (Å²) >= 11 is 0.899. The third-order valence-corrected chi connectivity index (χ3v) is 2.11. The molecule has 0 N–H and O–H groups in total. The molecule has 13 heavy (non-hydrogen) atoms. The third-order valence-electron chi connectivity index (χ3n) is 1.37. The fourth-order valence-corrected chi connectivity index (χ4v) is 1.26. The number of hydrogen-bond acceptors (Lipinski definition) is 4. The summed E-state index contributed by atoms with van der Waals surface area (Å²) in [5, 5.41) is 4.17. The van der Waals surface area contributed by atoms with E-state index in [0.717, 1.165) is 17.6 Å². The van der Waals surface area contributed by atoms with Gasteiger partial charge in [-0.15, -0.1) is 4.33 Å². The molecule has 5 heteroatoms. The van der Waals surface area contributed by atoms with Crippen LogP contribution in [0, 0.1) is 12.7 Å². The highest BCUT2D eigenvalue weighted by molar-refractivity contribution is 7.94. The highest BCUT2D eigenvalue weighted by atomic mass is 32.2. The second kappa shape index (κ2) is 5.18. The van der Waals surface area contributed by atoms with Gasteiger partial charge in [0.15, 0.2) is 0 Å². The molecule has 0 aromatic heterocycles. The Morgan fingerprint density at radius 2 is 2.15 bits per heavy atom. The van der Waals surface area contributed by atoms with E-state index >= 15 is 0 Å². The van der Waals surface area contributed by atoms with Crippen LogP contribution in [0.5, 0.6) is 0 Å². The quantitative estimate of drug-likeness (QED) is 0.326. The summed E-state index contributed by atoms with van der Waals surface area (Å²) in [4.78, 5) is 4.85. The van der Waals surface area contributed by atoms with Crippen LogP contribution in [0.3, 0.4) is 0 Å². The van der Waals surface area contributed by atoms with Crippen molar-refractivity contribution in [1.29, 1.82) is 0 Å². The predicted octanol–water partition coefficient (Wildman–Crippen LogP) is 2.65. The van der Waals surface area contributed by atoms with Gasteiger partial charge in [-0.25, -0.2) is 9.28 Å². The van der Waals surface area contributed by atoms with E-state index < -0.39 is 0 Å². The monoisotopic (exact) mass is 204 g/mol. The molecule has 0 atom stereocenters. The smallest absolute Gasteiger partial charge is 0.124 e. The molecule has 0 saturated heterocycles. The minimum absolute atomic E-state index is 0.311. The molecule has 0 heterocycles. The van der Waals surface area contributed by atoms with Gasteiger partial charge in [0, 0.05) is 4.90 Å². The van der Waals surface area contributed by atoms with Crippen molar-refractivity contribution in [3.8, 4) is 0 Å². The minimum atomic E-state index is -0.311. The lowest BCUT2D eigenvalue weighted by Crippen LogP contribution is -1.87. The molecule has 1 aromatic rings. The summed E-state index contributed by atoms with van der Waals surface area (Å²) in [6.45, 7) is 1.85. The molecule has 0 fully saturated rings. The average molecular weight is 204 g/mol. The highest BCUT2D eigenvalue weighted by Crippen LogP contribution is 2.24. The van der Waals surface area contributed by atoms with Gasteiger partial charge in [0.25, 0.3) is 0 Å². The molecule has 0 saturated carbocycles. The summed E-state index contributed by atoms with van der Waals surface area (Å²) in [5.41, 5.74) is 0.908. The maximum Gasteiger partial charge on any atom is 0.124 e. The first kappa shape index (κ1) is 10.5. The number of halogens is 1. The molecule has 72 valence electrons. The van der Waals surface area contributed by atoms with E-state index in [0.29, 0.717) is 4.90 Å². The van der Waals surface area contributed by atoms with E-state index in [-0.39, 0.29) is 5.82 Å². The number of benzene rings is 1. The largest absolute Gasteiger partial charge is 0.209 e. The van der Waals surface area contributed by atoms with Gasteiger partial charge in [-0.3, -0.25) is 0 Å². The van der Waals surface area contributed by atoms with Gasteiger partial charge >= 0.3 is 0 Å². The van der Waals surface area contributed by atoms with Crippen LogP contribution < -0.4 is 0 Å². The molecule has 1 aromatic carbocycles. The molecule has 3 nitrogen and oxygen atoms in total. The Hall–Kier alpha value is -0.620. The van der Waals surface area contributed by atoms with Gasteiger partial charge in [0.1, 0.15) is 5.82 Å². The summed E-state index contributed by atoms with van der Waals surface area (Å²) in [6, 6.07) is 4.41. The summed E-state index contributed by atoms with van der Waals surface area (Å²) in [7, 11) is 1.32. The Kier molecular flexibility index (Phi) is 4.17. The number of hydrogen-bond donors (Lipinski definition) is 0. The van der Waals surface area contributed by atoms with Crippen LogP contribution in [0.15, 0.2) is 23.1 Å². The van der Waals surface area contributed by atoms with Crippen LogP contribution >= 0.6 is 12.0 Å². The lowest BCUT2D eigenvalue weighted by molar-refractivity contribution is -0.447. The second-order valence-electron chi connectivity index (χ2n) is 2.30. The summed E-state index contributed by atoms with van der Waals surface area (Å²) in [5.74, 6) is -0.311. The standard InChI is InChI=1S/C8H9FO3S/c1-6-3-4-7(9)5-8(6)13-12-11-10-2/h3-5H,1-2H3. The fraction of sp³-hybridized carbons (Fsp3) is 0.250. The average Bonchev–Trinajstić information content (AvgIpc) is 2.11. The number of rotatable bonds is 4. The van der Waals surface area contributed by atoms with Crippen LogP contribution in [-0.4, -0.2) is 7.11 Å².